The Hall–Kier alpha value is -2.48. The first-order chi connectivity index (χ1) is 12.1. The maximum absolute atomic E-state index is 12.1. The lowest BCUT2D eigenvalue weighted by Gasteiger charge is -2.10. The Morgan fingerprint density at radius 2 is 1.80 bits per heavy atom. The van der Waals surface area contributed by atoms with E-state index < -0.39 is 5.97 Å². The summed E-state index contributed by atoms with van der Waals surface area (Å²) in [6, 6.07) is 8.17. The van der Waals surface area contributed by atoms with Crippen molar-refractivity contribution in [2.24, 2.45) is 0 Å². The average molecular weight is 365 g/mol. The molecular weight excluding hydrogens is 348 g/mol. The van der Waals surface area contributed by atoms with Gasteiger partial charge in [-0.25, -0.2) is 14.8 Å². The van der Waals surface area contributed by atoms with Gasteiger partial charge in [0.05, 0.1) is 13.2 Å². The van der Waals surface area contributed by atoms with E-state index in [1.807, 2.05) is 0 Å². The first-order valence-electron chi connectivity index (χ1n) is 7.26. The molecule has 7 nitrogen and oxygen atoms in total. The van der Waals surface area contributed by atoms with E-state index >= 15 is 0 Å². The Balaban J connectivity index is 2.14. The third-order valence-electron chi connectivity index (χ3n) is 2.86. The number of rotatable bonds is 8. The molecule has 0 N–H and O–H groups in total. The molecule has 0 aliphatic heterocycles. The fourth-order valence-electron chi connectivity index (χ4n) is 1.90. The van der Waals surface area contributed by atoms with E-state index in [4.69, 9.17) is 30.5 Å². The SMILES string of the molecule is COCC(=CC(=O)Oc1ccccc1Oc1cc(Cl)ncn1)COC. The summed E-state index contributed by atoms with van der Waals surface area (Å²) in [5, 5.41) is 0.242. The van der Waals surface area contributed by atoms with Crippen LogP contribution in [0.1, 0.15) is 0 Å². The zero-order chi connectivity index (χ0) is 18.1. The zero-order valence-electron chi connectivity index (χ0n) is 13.8. The van der Waals surface area contributed by atoms with Crippen LogP contribution in [0.3, 0.4) is 0 Å². The van der Waals surface area contributed by atoms with Crippen molar-refractivity contribution in [1.29, 1.82) is 0 Å². The Labute approximate surface area is 150 Å². The second-order valence-electron chi connectivity index (χ2n) is 4.82. The maximum Gasteiger partial charge on any atom is 0.336 e. The minimum atomic E-state index is -0.569. The number of esters is 1. The quantitative estimate of drug-likeness (QED) is 0.308. The Bertz CT molecular complexity index is 743. The van der Waals surface area contributed by atoms with E-state index in [0.29, 0.717) is 11.3 Å². The molecule has 0 bridgehead atoms. The van der Waals surface area contributed by atoms with Gasteiger partial charge in [0.2, 0.25) is 5.88 Å². The van der Waals surface area contributed by atoms with Gasteiger partial charge in [-0.05, 0) is 17.7 Å². The number of methoxy groups -OCH3 is 2. The van der Waals surface area contributed by atoms with E-state index in [1.54, 1.807) is 24.3 Å². The normalized spacial score (nSPS) is 10.2. The van der Waals surface area contributed by atoms with Crippen molar-refractivity contribution in [3.8, 4) is 17.4 Å². The van der Waals surface area contributed by atoms with Gasteiger partial charge in [-0.1, -0.05) is 23.7 Å². The Morgan fingerprint density at radius 1 is 1.12 bits per heavy atom. The largest absolute Gasteiger partial charge is 0.435 e. The van der Waals surface area contributed by atoms with Gasteiger partial charge >= 0.3 is 5.97 Å². The van der Waals surface area contributed by atoms with Crippen molar-refractivity contribution in [3.63, 3.8) is 0 Å². The number of carbonyl (C=O) groups is 1. The fourth-order valence-corrected chi connectivity index (χ4v) is 2.04. The number of hydrogen-bond acceptors (Lipinski definition) is 7. The van der Waals surface area contributed by atoms with Gasteiger partial charge in [0.25, 0.3) is 0 Å². The first kappa shape index (κ1) is 18.9. The summed E-state index contributed by atoms with van der Waals surface area (Å²) in [7, 11) is 3.07. The number of aromatic nitrogens is 2. The third kappa shape index (κ3) is 6.15. The number of nitrogens with zero attached hydrogens (tertiary/aromatic N) is 2. The highest BCUT2D eigenvalue weighted by atomic mass is 35.5. The third-order valence-corrected chi connectivity index (χ3v) is 3.07. The summed E-state index contributed by atoms with van der Waals surface area (Å²) >= 11 is 5.80. The van der Waals surface area contributed by atoms with E-state index in [0.717, 1.165) is 0 Å². The second-order valence-corrected chi connectivity index (χ2v) is 5.20. The highest BCUT2D eigenvalue weighted by Crippen LogP contribution is 2.31. The summed E-state index contributed by atoms with van der Waals surface area (Å²) in [6.07, 6.45) is 2.60. The molecule has 0 saturated carbocycles. The molecule has 25 heavy (non-hydrogen) atoms. The molecule has 2 rings (SSSR count). The summed E-state index contributed by atoms with van der Waals surface area (Å²) < 4.78 is 21.0. The van der Waals surface area contributed by atoms with Gasteiger partial charge in [-0.3, -0.25) is 0 Å². The minimum absolute atomic E-state index is 0.235. The van der Waals surface area contributed by atoms with Crippen molar-refractivity contribution in [3.05, 3.63) is 53.5 Å². The lowest BCUT2D eigenvalue weighted by atomic mass is 10.3. The molecule has 0 saturated heterocycles. The van der Waals surface area contributed by atoms with Crippen molar-refractivity contribution < 1.29 is 23.7 Å². The predicted molar refractivity (Wildman–Crippen MR) is 91.0 cm³/mol. The molecule has 1 heterocycles. The van der Waals surface area contributed by atoms with Gasteiger partial charge in [0, 0.05) is 26.4 Å². The zero-order valence-corrected chi connectivity index (χ0v) is 14.5. The van der Waals surface area contributed by atoms with Crippen LogP contribution in [0.2, 0.25) is 5.15 Å². The van der Waals surface area contributed by atoms with Crippen LogP contribution in [-0.4, -0.2) is 43.4 Å². The Morgan fingerprint density at radius 3 is 2.44 bits per heavy atom. The molecule has 1 aromatic heterocycles. The lowest BCUT2D eigenvalue weighted by molar-refractivity contribution is -0.129. The van der Waals surface area contributed by atoms with Crippen molar-refractivity contribution >= 4 is 17.6 Å². The Kier molecular flexibility index (Phi) is 7.34. The summed E-state index contributed by atoms with van der Waals surface area (Å²) in [5.41, 5.74) is 0.649. The van der Waals surface area contributed by atoms with Gasteiger partial charge in [-0.2, -0.15) is 0 Å². The molecule has 0 amide bonds. The van der Waals surface area contributed by atoms with E-state index in [2.05, 4.69) is 9.97 Å². The van der Waals surface area contributed by atoms with E-state index in [-0.39, 0.29) is 30.0 Å². The van der Waals surface area contributed by atoms with Crippen LogP contribution in [0.15, 0.2) is 48.3 Å². The minimum Gasteiger partial charge on any atom is -0.435 e. The molecule has 0 fully saturated rings. The smallest absolute Gasteiger partial charge is 0.336 e. The number of halogens is 1. The molecule has 1 aromatic carbocycles. The van der Waals surface area contributed by atoms with Crippen LogP contribution in [0, 0.1) is 0 Å². The summed E-state index contributed by atoms with van der Waals surface area (Å²) in [4.78, 5) is 19.8. The van der Waals surface area contributed by atoms with Crippen LogP contribution >= 0.6 is 11.6 Å². The summed E-state index contributed by atoms with van der Waals surface area (Å²) in [5.74, 6) is 0.228. The molecule has 0 aliphatic carbocycles. The van der Waals surface area contributed by atoms with Crippen molar-refractivity contribution in [1.82, 2.24) is 9.97 Å². The maximum atomic E-state index is 12.1. The molecule has 0 radical (unpaired) electrons. The number of para-hydroxylation sites is 2. The second kappa shape index (κ2) is 9.73. The van der Waals surface area contributed by atoms with Gasteiger partial charge < -0.3 is 18.9 Å². The molecule has 0 unspecified atom stereocenters. The van der Waals surface area contributed by atoms with Crippen molar-refractivity contribution in [2.45, 2.75) is 0 Å². The van der Waals surface area contributed by atoms with Crippen LogP contribution in [0.25, 0.3) is 0 Å². The van der Waals surface area contributed by atoms with E-state index in [9.17, 15) is 4.79 Å². The van der Waals surface area contributed by atoms with Crippen LogP contribution in [0.4, 0.5) is 0 Å². The molecule has 0 atom stereocenters. The van der Waals surface area contributed by atoms with Gasteiger partial charge in [0.15, 0.2) is 11.5 Å². The average Bonchev–Trinajstić information content (AvgIpc) is 2.57. The van der Waals surface area contributed by atoms with Crippen molar-refractivity contribution in [2.75, 3.05) is 27.4 Å². The molecule has 2 aromatic rings. The highest BCUT2D eigenvalue weighted by molar-refractivity contribution is 6.29. The molecule has 0 spiro atoms. The topological polar surface area (TPSA) is 79.8 Å². The van der Waals surface area contributed by atoms with E-state index in [1.165, 1.54) is 32.7 Å². The fraction of sp³-hybridized carbons (Fsp3) is 0.235. The van der Waals surface area contributed by atoms with Crippen LogP contribution < -0.4 is 9.47 Å². The molecule has 8 heteroatoms. The molecule has 0 aliphatic rings. The van der Waals surface area contributed by atoms with Crippen LogP contribution in [0.5, 0.6) is 17.4 Å². The number of carbonyl (C=O) groups excluding carboxylic acids is 1. The number of ether oxygens (including phenoxy) is 4. The van der Waals surface area contributed by atoms with Crippen LogP contribution in [-0.2, 0) is 14.3 Å². The summed E-state index contributed by atoms with van der Waals surface area (Å²) in [6.45, 7) is 0.529. The standard InChI is InChI=1S/C17H17ClN2O5/c1-22-9-12(10-23-2)7-17(21)25-14-6-4-3-5-13(14)24-16-8-15(18)19-11-20-16/h3-8,11H,9-10H2,1-2H3. The number of hydrogen-bond donors (Lipinski definition) is 0. The lowest BCUT2D eigenvalue weighted by Crippen LogP contribution is -2.10. The highest BCUT2D eigenvalue weighted by Gasteiger charge is 2.11. The predicted octanol–water partition coefficient (Wildman–Crippen LogP) is 3.05. The molecule has 132 valence electrons. The van der Waals surface area contributed by atoms with Gasteiger partial charge in [0.1, 0.15) is 11.5 Å². The number of benzene rings is 1. The van der Waals surface area contributed by atoms with Gasteiger partial charge in [-0.15, -0.1) is 0 Å². The molecular formula is C17H17ClN2O5. The monoisotopic (exact) mass is 364 g/mol. The first-order valence-corrected chi connectivity index (χ1v) is 7.63.